The summed E-state index contributed by atoms with van der Waals surface area (Å²) < 4.78 is 27.4. The second-order valence-corrected chi connectivity index (χ2v) is 5.85. The Morgan fingerprint density at radius 2 is 1.81 bits per heavy atom. The van der Waals surface area contributed by atoms with Gasteiger partial charge in [0.2, 0.25) is 0 Å². The van der Waals surface area contributed by atoms with Crippen LogP contribution in [-0.4, -0.2) is 4.92 Å². The van der Waals surface area contributed by atoms with Crippen LogP contribution in [0.25, 0.3) is 0 Å². The van der Waals surface area contributed by atoms with Crippen LogP contribution < -0.4 is 5.32 Å². The molecular formula is C13H8Br2F2N2O2. The number of benzene rings is 2. The summed E-state index contributed by atoms with van der Waals surface area (Å²) in [4.78, 5) is 10.3. The largest absolute Gasteiger partial charge is 0.379 e. The van der Waals surface area contributed by atoms with E-state index in [0.717, 1.165) is 12.1 Å². The van der Waals surface area contributed by atoms with Gasteiger partial charge in [0, 0.05) is 18.7 Å². The Morgan fingerprint density at radius 3 is 2.48 bits per heavy atom. The summed E-state index contributed by atoms with van der Waals surface area (Å²) in [7, 11) is 0. The minimum atomic E-state index is -0.616. The monoisotopic (exact) mass is 420 g/mol. The normalized spacial score (nSPS) is 10.5. The number of anilines is 1. The highest BCUT2D eigenvalue weighted by Crippen LogP contribution is 2.27. The predicted octanol–water partition coefficient (Wildman–Crippen LogP) is 5.01. The molecule has 0 saturated heterocycles. The molecule has 0 bridgehead atoms. The first kappa shape index (κ1) is 15.8. The van der Waals surface area contributed by atoms with Gasteiger partial charge in [0.1, 0.15) is 11.6 Å². The van der Waals surface area contributed by atoms with Gasteiger partial charge in [0.25, 0.3) is 5.69 Å². The molecule has 4 nitrogen and oxygen atoms in total. The summed E-state index contributed by atoms with van der Waals surface area (Å²) in [5, 5.41) is 13.5. The van der Waals surface area contributed by atoms with Crippen LogP contribution in [0.2, 0.25) is 0 Å². The van der Waals surface area contributed by atoms with Crippen molar-refractivity contribution >= 4 is 43.2 Å². The topological polar surface area (TPSA) is 55.2 Å². The molecule has 0 heterocycles. The first-order chi connectivity index (χ1) is 9.88. The van der Waals surface area contributed by atoms with E-state index in [0.29, 0.717) is 10.0 Å². The quantitative estimate of drug-likeness (QED) is 0.429. The van der Waals surface area contributed by atoms with Gasteiger partial charge in [-0.2, -0.15) is 0 Å². The summed E-state index contributed by atoms with van der Waals surface area (Å²) in [5.41, 5.74) is 0.477. The van der Waals surface area contributed by atoms with E-state index in [-0.39, 0.29) is 22.4 Å². The minimum Gasteiger partial charge on any atom is -0.379 e. The Morgan fingerprint density at radius 1 is 1.10 bits per heavy atom. The van der Waals surface area contributed by atoms with E-state index in [1.54, 1.807) is 6.07 Å². The average molecular weight is 422 g/mol. The molecule has 0 fully saturated rings. The first-order valence-electron chi connectivity index (χ1n) is 5.69. The van der Waals surface area contributed by atoms with Gasteiger partial charge in [-0.25, -0.2) is 8.78 Å². The summed E-state index contributed by atoms with van der Waals surface area (Å²) in [6, 6.07) is 6.59. The smallest absolute Gasteiger partial charge is 0.283 e. The van der Waals surface area contributed by atoms with Gasteiger partial charge < -0.3 is 5.32 Å². The lowest BCUT2D eigenvalue weighted by molar-refractivity contribution is -0.385. The summed E-state index contributed by atoms with van der Waals surface area (Å²) >= 11 is 5.97. The first-order valence-corrected chi connectivity index (χ1v) is 7.28. The summed E-state index contributed by atoms with van der Waals surface area (Å²) in [6.07, 6.45) is 0. The van der Waals surface area contributed by atoms with Crippen molar-refractivity contribution in [2.75, 3.05) is 5.32 Å². The third kappa shape index (κ3) is 3.76. The fourth-order valence-electron chi connectivity index (χ4n) is 1.66. The number of rotatable bonds is 4. The Hall–Kier alpha value is -1.54. The van der Waals surface area contributed by atoms with Crippen LogP contribution in [0.1, 0.15) is 5.56 Å². The van der Waals surface area contributed by atoms with Crippen molar-refractivity contribution in [1.29, 1.82) is 0 Å². The molecule has 0 atom stereocenters. The zero-order chi connectivity index (χ0) is 15.6. The molecule has 2 rings (SSSR count). The molecule has 0 spiro atoms. The van der Waals surface area contributed by atoms with Crippen molar-refractivity contribution in [2.45, 2.75) is 6.54 Å². The standard InChI is InChI=1S/C13H8Br2F2N2O2/c14-8-2-1-7(3-13(8)19(20)21)6-18-12-5-10(16)9(15)4-11(12)17/h1-5,18H,6H2. The van der Waals surface area contributed by atoms with Crippen LogP contribution in [0.5, 0.6) is 0 Å². The summed E-state index contributed by atoms with van der Waals surface area (Å²) in [5.74, 6) is -1.21. The molecule has 0 unspecified atom stereocenters. The molecule has 0 radical (unpaired) electrons. The van der Waals surface area contributed by atoms with Gasteiger partial charge in [0.05, 0.1) is 19.6 Å². The third-order valence-corrected chi connectivity index (χ3v) is 3.98. The van der Waals surface area contributed by atoms with Crippen LogP contribution in [0.4, 0.5) is 20.2 Å². The molecule has 0 aliphatic carbocycles. The Kier molecular flexibility index (Phi) is 4.89. The van der Waals surface area contributed by atoms with E-state index < -0.39 is 16.6 Å². The fraction of sp³-hybridized carbons (Fsp3) is 0.0769. The molecule has 2 aromatic rings. The highest BCUT2D eigenvalue weighted by Gasteiger charge is 2.13. The zero-order valence-electron chi connectivity index (χ0n) is 10.4. The van der Waals surface area contributed by atoms with Crippen LogP contribution in [-0.2, 0) is 6.54 Å². The maximum absolute atomic E-state index is 13.6. The molecule has 1 N–H and O–H groups in total. The van der Waals surface area contributed by atoms with Gasteiger partial charge in [-0.3, -0.25) is 10.1 Å². The van der Waals surface area contributed by atoms with Crippen molar-refractivity contribution in [3.8, 4) is 0 Å². The predicted molar refractivity (Wildman–Crippen MR) is 82.2 cm³/mol. The molecule has 0 saturated carbocycles. The number of hydrogen-bond acceptors (Lipinski definition) is 3. The van der Waals surface area contributed by atoms with E-state index in [1.807, 2.05) is 0 Å². The number of halogens is 4. The number of hydrogen-bond donors (Lipinski definition) is 1. The lowest BCUT2D eigenvalue weighted by Gasteiger charge is -2.09. The summed E-state index contributed by atoms with van der Waals surface area (Å²) in [6.45, 7) is 0.131. The van der Waals surface area contributed by atoms with Gasteiger partial charge in [-0.15, -0.1) is 0 Å². The van der Waals surface area contributed by atoms with Crippen LogP contribution >= 0.6 is 31.9 Å². The van der Waals surface area contributed by atoms with E-state index in [4.69, 9.17) is 0 Å². The van der Waals surface area contributed by atoms with E-state index in [1.165, 1.54) is 12.1 Å². The lowest BCUT2D eigenvalue weighted by Crippen LogP contribution is -2.03. The molecule has 0 aromatic heterocycles. The highest BCUT2D eigenvalue weighted by atomic mass is 79.9. The molecule has 110 valence electrons. The van der Waals surface area contributed by atoms with Crippen molar-refractivity contribution in [3.63, 3.8) is 0 Å². The van der Waals surface area contributed by atoms with Gasteiger partial charge in [-0.1, -0.05) is 6.07 Å². The van der Waals surface area contributed by atoms with Crippen LogP contribution in [0.15, 0.2) is 39.3 Å². The lowest BCUT2D eigenvalue weighted by atomic mass is 10.2. The molecule has 0 aliphatic rings. The van der Waals surface area contributed by atoms with Crippen molar-refractivity contribution < 1.29 is 13.7 Å². The van der Waals surface area contributed by atoms with E-state index in [2.05, 4.69) is 37.2 Å². The Balaban J connectivity index is 2.19. The second kappa shape index (κ2) is 6.48. The molecule has 21 heavy (non-hydrogen) atoms. The zero-order valence-corrected chi connectivity index (χ0v) is 13.5. The Bertz CT molecular complexity index is 711. The highest BCUT2D eigenvalue weighted by molar-refractivity contribution is 9.10. The Labute approximate surface area is 135 Å². The molecule has 0 amide bonds. The van der Waals surface area contributed by atoms with E-state index in [9.17, 15) is 18.9 Å². The van der Waals surface area contributed by atoms with Crippen LogP contribution in [0, 0.1) is 21.7 Å². The van der Waals surface area contributed by atoms with Crippen molar-refractivity contribution in [3.05, 3.63) is 66.6 Å². The van der Waals surface area contributed by atoms with Crippen molar-refractivity contribution in [2.24, 2.45) is 0 Å². The van der Waals surface area contributed by atoms with E-state index >= 15 is 0 Å². The maximum atomic E-state index is 13.6. The number of nitro groups is 1. The van der Waals surface area contributed by atoms with Crippen LogP contribution in [0.3, 0.4) is 0 Å². The van der Waals surface area contributed by atoms with Gasteiger partial charge >= 0.3 is 0 Å². The maximum Gasteiger partial charge on any atom is 0.283 e. The minimum absolute atomic E-state index is 0.0127. The second-order valence-electron chi connectivity index (χ2n) is 4.14. The average Bonchev–Trinajstić information content (AvgIpc) is 2.42. The van der Waals surface area contributed by atoms with Gasteiger partial charge in [-0.05, 0) is 49.6 Å². The molecule has 2 aromatic carbocycles. The third-order valence-electron chi connectivity index (χ3n) is 2.70. The SMILES string of the molecule is O=[N+]([O-])c1cc(CNc2cc(F)c(Br)cc2F)ccc1Br. The molecular weight excluding hydrogens is 414 g/mol. The van der Waals surface area contributed by atoms with Crippen molar-refractivity contribution in [1.82, 2.24) is 0 Å². The number of nitrogens with zero attached hydrogens (tertiary/aromatic N) is 1. The number of nitrogens with one attached hydrogen (secondary N) is 1. The number of nitro benzene ring substituents is 1. The van der Waals surface area contributed by atoms with Gasteiger partial charge in [0.15, 0.2) is 0 Å². The fourth-order valence-corrected chi connectivity index (χ4v) is 2.37. The molecule has 8 heteroatoms. The molecule has 0 aliphatic heterocycles.